The maximum absolute atomic E-state index is 12.7. The van der Waals surface area contributed by atoms with Gasteiger partial charge in [0, 0.05) is 13.0 Å². The number of likely N-dealkylation sites (tertiary alicyclic amines) is 1. The van der Waals surface area contributed by atoms with Crippen LogP contribution in [0.25, 0.3) is 0 Å². The summed E-state index contributed by atoms with van der Waals surface area (Å²) in [6, 6.07) is 19.7. The van der Waals surface area contributed by atoms with E-state index in [-0.39, 0.29) is 17.9 Å². The van der Waals surface area contributed by atoms with Gasteiger partial charge in [-0.15, -0.1) is 0 Å². The average molecular weight is 353 g/mol. The first-order valence-electron chi connectivity index (χ1n) is 9.26. The van der Waals surface area contributed by atoms with Gasteiger partial charge in [-0.25, -0.2) is 0 Å². The molecule has 1 aliphatic rings. The Kier molecular flexibility index (Phi) is 6.07. The van der Waals surface area contributed by atoms with Gasteiger partial charge in [0.1, 0.15) is 6.04 Å². The molecule has 0 aliphatic carbocycles. The van der Waals surface area contributed by atoms with E-state index in [4.69, 9.17) is 4.74 Å². The molecular formula is C22H27NO3. The van der Waals surface area contributed by atoms with Gasteiger partial charge in [0.25, 0.3) is 0 Å². The number of benzene rings is 2. The molecule has 4 heteroatoms. The SMILES string of the molecule is CC(C)COC(=O)[C@@H]1CC(O)CN1C(c1ccccc1)c1ccccc1. The van der Waals surface area contributed by atoms with Crippen LogP contribution in [0.2, 0.25) is 0 Å². The number of carbonyl (C=O) groups is 1. The first-order chi connectivity index (χ1) is 12.6. The van der Waals surface area contributed by atoms with E-state index in [0.29, 0.717) is 19.6 Å². The van der Waals surface area contributed by atoms with E-state index in [2.05, 4.69) is 29.2 Å². The Morgan fingerprint density at radius 1 is 1.08 bits per heavy atom. The van der Waals surface area contributed by atoms with Crippen LogP contribution in [0, 0.1) is 5.92 Å². The van der Waals surface area contributed by atoms with E-state index < -0.39 is 12.1 Å². The van der Waals surface area contributed by atoms with E-state index in [1.807, 2.05) is 50.2 Å². The predicted octanol–water partition coefficient (Wildman–Crippen LogP) is 3.41. The number of ether oxygens (including phenoxy) is 1. The van der Waals surface area contributed by atoms with Crippen molar-refractivity contribution in [3.63, 3.8) is 0 Å². The summed E-state index contributed by atoms with van der Waals surface area (Å²) >= 11 is 0. The number of esters is 1. The Morgan fingerprint density at radius 3 is 2.12 bits per heavy atom. The van der Waals surface area contributed by atoms with Gasteiger partial charge < -0.3 is 9.84 Å². The number of aliphatic hydroxyl groups excluding tert-OH is 1. The lowest BCUT2D eigenvalue weighted by Crippen LogP contribution is -2.40. The molecule has 1 heterocycles. The Labute approximate surface area is 155 Å². The van der Waals surface area contributed by atoms with Gasteiger partial charge in [-0.2, -0.15) is 0 Å². The molecule has 4 nitrogen and oxygen atoms in total. The third-order valence-electron chi connectivity index (χ3n) is 4.71. The molecule has 1 fully saturated rings. The van der Waals surface area contributed by atoms with Crippen LogP contribution >= 0.6 is 0 Å². The molecule has 0 saturated carbocycles. The molecule has 1 aliphatic heterocycles. The van der Waals surface area contributed by atoms with E-state index in [1.54, 1.807) is 0 Å². The van der Waals surface area contributed by atoms with Crippen molar-refractivity contribution in [2.75, 3.05) is 13.2 Å². The lowest BCUT2D eigenvalue weighted by atomic mass is 9.96. The fraction of sp³-hybridized carbons (Fsp3) is 0.409. The van der Waals surface area contributed by atoms with Gasteiger partial charge in [-0.1, -0.05) is 74.5 Å². The number of β-amino-alcohol motifs (C(OH)–C–C–N with tert-alkyl or cyclic N) is 1. The summed E-state index contributed by atoms with van der Waals surface area (Å²) in [6.45, 7) is 4.90. The van der Waals surface area contributed by atoms with E-state index in [1.165, 1.54) is 0 Å². The van der Waals surface area contributed by atoms with Crippen LogP contribution in [-0.2, 0) is 9.53 Å². The maximum Gasteiger partial charge on any atom is 0.323 e. The highest BCUT2D eigenvalue weighted by molar-refractivity contribution is 5.76. The first kappa shape index (κ1) is 18.6. The molecule has 2 aromatic carbocycles. The highest BCUT2D eigenvalue weighted by Crippen LogP contribution is 2.35. The highest BCUT2D eigenvalue weighted by Gasteiger charge is 2.41. The Morgan fingerprint density at radius 2 is 1.62 bits per heavy atom. The van der Waals surface area contributed by atoms with Crippen molar-refractivity contribution in [3.8, 4) is 0 Å². The minimum Gasteiger partial charge on any atom is -0.464 e. The summed E-state index contributed by atoms with van der Waals surface area (Å²) in [7, 11) is 0. The zero-order valence-corrected chi connectivity index (χ0v) is 15.4. The average Bonchev–Trinajstić information content (AvgIpc) is 3.03. The number of rotatable bonds is 6. The normalized spacial score (nSPS) is 20.7. The van der Waals surface area contributed by atoms with Gasteiger partial charge in [0.2, 0.25) is 0 Å². The minimum absolute atomic E-state index is 0.0915. The Balaban J connectivity index is 1.92. The van der Waals surface area contributed by atoms with Crippen molar-refractivity contribution in [1.29, 1.82) is 0 Å². The Hall–Kier alpha value is -2.17. The van der Waals surface area contributed by atoms with Crippen LogP contribution in [0.4, 0.5) is 0 Å². The number of aliphatic hydroxyl groups is 1. The second kappa shape index (κ2) is 8.47. The van der Waals surface area contributed by atoms with Crippen molar-refractivity contribution >= 4 is 5.97 Å². The highest BCUT2D eigenvalue weighted by atomic mass is 16.5. The van der Waals surface area contributed by atoms with Crippen LogP contribution in [0.3, 0.4) is 0 Å². The fourth-order valence-corrected chi connectivity index (χ4v) is 3.55. The monoisotopic (exact) mass is 353 g/mol. The molecule has 1 unspecified atom stereocenters. The van der Waals surface area contributed by atoms with Crippen molar-refractivity contribution in [2.45, 2.75) is 38.5 Å². The molecule has 2 aromatic rings. The topological polar surface area (TPSA) is 49.8 Å². The van der Waals surface area contributed by atoms with E-state index in [0.717, 1.165) is 11.1 Å². The van der Waals surface area contributed by atoms with Gasteiger partial charge >= 0.3 is 5.97 Å². The molecule has 0 amide bonds. The standard InChI is InChI=1S/C22H27NO3/c1-16(2)15-26-22(25)20-13-19(24)14-23(20)21(17-9-5-3-6-10-17)18-11-7-4-8-12-18/h3-12,16,19-21,24H,13-15H2,1-2H3/t19?,20-/m0/s1. The molecular weight excluding hydrogens is 326 g/mol. The van der Waals surface area contributed by atoms with Crippen molar-refractivity contribution in [1.82, 2.24) is 4.90 Å². The smallest absolute Gasteiger partial charge is 0.323 e. The Bertz CT molecular complexity index is 662. The zero-order chi connectivity index (χ0) is 18.5. The van der Waals surface area contributed by atoms with Gasteiger partial charge in [-0.05, 0) is 17.0 Å². The van der Waals surface area contributed by atoms with Crippen LogP contribution in [-0.4, -0.2) is 41.3 Å². The molecule has 0 bridgehead atoms. The van der Waals surface area contributed by atoms with Crippen LogP contribution in [0.15, 0.2) is 60.7 Å². The van der Waals surface area contributed by atoms with Crippen LogP contribution < -0.4 is 0 Å². The van der Waals surface area contributed by atoms with Crippen LogP contribution in [0.1, 0.15) is 37.4 Å². The number of hydrogen-bond donors (Lipinski definition) is 1. The number of hydrogen-bond acceptors (Lipinski definition) is 4. The largest absolute Gasteiger partial charge is 0.464 e. The fourth-order valence-electron chi connectivity index (χ4n) is 3.55. The molecule has 138 valence electrons. The molecule has 3 rings (SSSR count). The summed E-state index contributed by atoms with van der Waals surface area (Å²) in [5, 5.41) is 10.3. The van der Waals surface area contributed by atoms with Gasteiger partial charge in [-0.3, -0.25) is 9.69 Å². The lowest BCUT2D eigenvalue weighted by Gasteiger charge is -2.32. The summed E-state index contributed by atoms with van der Waals surface area (Å²) in [5.74, 6) is 0.0462. The van der Waals surface area contributed by atoms with Crippen molar-refractivity contribution in [3.05, 3.63) is 71.8 Å². The van der Waals surface area contributed by atoms with E-state index >= 15 is 0 Å². The summed E-state index contributed by atoms with van der Waals surface area (Å²) < 4.78 is 5.50. The van der Waals surface area contributed by atoms with Crippen molar-refractivity contribution < 1.29 is 14.6 Å². The molecule has 2 atom stereocenters. The first-order valence-corrected chi connectivity index (χ1v) is 9.26. The van der Waals surface area contributed by atoms with Gasteiger partial charge in [0.05, 0.1) is 18.8 Å². The second-order valence-corrected chi connectivity index (χ2v) is 7.35. The molecule has 26 heavy (non-hydrogen) atoms. The predicted molar refractivity (Wildman–Crippen MR) is 102 cm³/mol. The van der Waals surface area contributed by atoms with E-state index in [9.17, 15) is 9.90 Å². The summed E-state index contributed by atoms with van der Waals surface area (Å²) in [6.07, 6.45) is -0.117. The molecule has 0 radical (unpaired) electrons. The summed E-state index contributed by atoms with van der Waals surface area (Å²) in [5.41, 5.74) is 2.21. The number of carbonyl (C=O) groups excluding carboxylic acids is 1. The number of nitrogens with zero attached hydrogens (tertiary/aromatic N) is 1. The minimum atomic E-state index is -0.526. The second-order valence-electron chi connectivity index (χ2n) is 7.35. The molecule has 0 aromatic heterocycles. The molecule has 1 saturated heterocycles. The molecule has 1 N–H and O–H groups in total. The van der Waals surface area contributed by atoms with Crippen molar-refractivity contribution in [2.24, 2.45) is 5.92 Å². The van der Waals surface area contributed by atoms with Gasteiger partial charge in [0.15, 0.2) is 0 Å². The third kappa shape index (κ3) is 4.32. The van der Waals surface area contributed by atoms with Crippen LogP contribution in [0.5, 0.6) is 0 Å². The molecule has 0 spiro atoms. The third-order valence-corrected chi connectivity index (χ3v) is 4.71. The quantitative estimate of drug-likeness (QED) is 0.809. The lowest BCUT2D eigenvalue weighted by molar-refractivity contribution is -0.150. The maximum atomic E-state index is 12.7. The zero-order valence-electron chi connectivity index (χ0n) is 15.4. The summed E-state index contributed by atoms with van der Waals surface area (Å²) in [4.78, 5) is 14.8.